The molecular weight excluding hydrogens is 454 g/mol. The van der Waals surface area contributed by atoms with Crippen molar-refractivity contribution in [1.82, 2.24) is 19.7 Å². The van der Waals surface area contributed by atoms with E-state index in [4.69, 9.17) is 0 Å². The van der Waals surface area contributed by atoms with Crippen molar-refractivity contribution >= 4 is 35.2 Å². The van der Waals surface area contributed by atoms with Crippen LogP contribution in [-0.2, 0) is 20.9 Å². The van der Waals surface area contributed by atoms with Crippen LogP contribution in [0, 0.1) is 0 Å². The van der Waals surface area contributed by atoms with E-state index < -0.39 is 6.04 Å². The van der Waals surface area contributed by atoms with Crippen LogP contribution in [0.3, 0.4) is 0 Å². The predicted octanol–water partition coefficient (Wildman–Crippen LogP) is 2.79. The van der Waals surface area contributed by atoms with E-state index in [1.807, 2.05) is 29.2 Å². The first-order valence-electron chi connectivity index (χ1n) is 12.5. The van der Waals surface area contributed by atoms with E-state index in [0.717, 1.165) is 24.0 Å². The zero-order valence-electron chi connectivity index (χ0n) is 20.5. The van der Waals surface area contributed by atoms with Gasteiger partial charge in [-0.3, -0.25) is 19.3 Å². The summed E-state index contributed by atoms with van der Waals surface area (Å²) in [6.07, 6.45) is 8.99. The molecule has 3 aliphatic rings. The van der Waals surface area contributed by atoms with Gasteiger partial charge in [0.15, 0.2) is 0 Å². The van der Waals surface area contributed by atoms with E-state index in [9.17, 15) is 14.4 Å². The first-order chi connectivity index (χ1) is 17.5. The van der Waals surface area contributed by atoms with Gasteiger partial charge < -0.3 is 15.1 Å². The highest BCUT2D eigenvalue weighted by molar-refractivity contribution is 5.96. The van der Waals surface area contributed by atoms with Crippen LogP contribution in [0.15, 0.2) is 54.7 Å². The van der Waals surface area contributed by atoms with Gasteiger partial charge in [-0.25, -0.2) is 4.98 Å². The van der Waals surface area contributed by atoms with Crippen LogP contribution in [0.2, 0.25) is 0 Å². The number of aromatic nitrogens is 1. The fourth-order valence-electron chi connectivity index (χ4n) is 5.09. The van der Waals surface area contributed by atoms with E-state index in [1.54, 1.807) is 23.2 Å². The lowest BCUT2D eigenvalue weighted by Crippen LogP contribution is -2.57. The number of piperazine rings is 1. The molecular formula is C28H31N5O3. The molecule has 1 saturated heterocycles. The summed E-state index contributed by atoms with van der Waals surface area (Å²) in [5.74, 6) is 0.367. The molecule has 1 atom stereocenters. The Morgan fingerprint density at radius 2 is 1.92 bits per heavy atom. The molecule has 3 amide bonds. The Balaban J connectivity index is 1.24. The van der Waals surface area contributed by atoms with Crippen molar-refractivity contribution in [2.45, 2.75) is 32.4 Å². The maximum Gasteiger partial charge on any atom is 0.246 e. The van der Waals surface area contributed by atoms with E-state index in [1.165, 1.54) is 18.1 Å². The highest BCUT2D eigenvalue weighted by Crippen LogP contribution is 2.25. The second-order valence-electron chi connectivity index (χ2n) is 9.51. The smallest absolute Gasteiger partial charge is 0.246 e. The predicted molar refractivity (Wildman–Crippen MR) is 139 cm³/mol. The van der Waals surface area contributed by atoms with Crippen molar-refractivity contribution in [2.75, 3.05) is 38.0 Å². The summed E-state index contributed by atoms with van der Waals surface area (Å²) < 4.78 is 0. The Morgan fingerprint density at radius 3 is 2.72 bits per heavy atom. The minimum absolute atomic E-state index is 0.0126. The van der Waals surface area contributed by atoms with Gasteiger partial charge >= 0.3 is 0 Å². The van der Waals surface area contributed by atoms with Crippen LogP contribution in [0.4, 0.5) is 5.82 Å². The highest BCUT2D eigenvalue weighted by atomic mass is 16.2. The fourth-order valence-corrected chi connectivity index (χ4v) is 5.09. The molecule has 36 heavy (non-hydrogen) atoms. The summed E-state index contributed by atoms with van der Waals surface area (Å²) >= 11 is 0. The topological polar surface area (TPSA) is 85.8 Å². The van der Waals surface area contributed by atoms with Gasteiger partial charge in [-0.15, -0.1) is 0 Å². The molecule has 0 spiro atoms. The SMILES string of the molecule is CC(=O)N1CCN2Cc3cc(/C=C/C(=O)N4CCC=C(c5ccccc5)CC4)cnc3NC(=O)C2C1. The highest BCUT2D eigenvalue weighted by Gasteiger charge is 2.36. The third-order valence-electron chi connectivity index (χ3n) is 7.16. The largest absolute Gasteiger partial charge is 0.340 e. The number of carbonyl (C=O) groups is 3. The number of fused-ring (bicyclic) bond motifs is 2. The third-order valence-corrected chi connectivity index (χ3v) is 7.16. The Kier molecular flexibility index (Phi) is 6.95. The molecule has 3 aliphatic heterocycles. The van der Waals surface area contributed by atoms with Crippen LogP contribution in [0.5, 0.6) is 0 Å². The summed E-state index contributed by atoms with van der Waals surface area (Å²) in [5, 5.41) is 2.91. The summed E-state index contributed by atoms with van der Waals surface area (Å²) in [4.78, 5) is 47.7. The maximum absolute atomic E-state index is 12.9. The van der Waals surface area contributed by atoms with E-state index >= 15 is 0 Å². The zero-order valence-corrected chi connectivity index (χ0v) is 20.5. The van der Waals surface area contributed by atoms with Crippen LogP contribution in [-0.4, -0.2) is 76.2 Å². The minimum atomic E-state index is -0.394. The molecule has 0 radical (unpaired) electrons. The van der Waals surface area contributed by atoms with Crippen molar-refractivity contribution in [3.63, 3.8) is 0 Å². The fraction of sp³-hybridized carbons (Fsp3) is 0.357. The first-order valence-corrected chi connectivity index (χ1v) is 12.5. The molecule has 1 unspecified atom stereocenters. The van der Waals surface area contributed by atoms with E-state index in [-0.39, 0.29) is 17.7 Å². The molecule has 1 aromatic carbocycles. The van der Waals surface area contributed by atoms with Crippen molar-refractivity contribution in [1.29, 1.82) is 0 Å². The lowest BCUT2D eigenvalue weighted by atomic mass is 10.0. The molecule has 1 fully saturated rings. The van der Waals surface area contributed by atoms with E-state index in [2.05, 4.69) is 33.4 Å². The number of nitrogens with one attached hydrogen (secondary N) is 1. The molecule has 8 heteroatoms. The van der Waals surface area contributed by atoms with Gasteiger partial charge in [-0.05, 0) is 41.7 Å². The van der Waals surface area contributed by atoms with Crippen molar-refractivity contribution < 1.29 is 14.4 Å². The number of hydrogen-bond donors (Lipinski definition) is 1. The Bertz CT molecular complexity index is 1220. The lowest BCUT2D eigenvalue weighted by Gasteiger charge is -2.38. The summed E-state index contributed by atoms with van der Waals surface area (Å²) in [6.45, 7) is 5.09. The normalized spacial score (nSPS) is 20.6. The van der Waals surface area contributed by atoms with Gasteiger partial charge in [0.2, 0.25) is 17.7 Å². The first kappa shape index (κ1) is 23.9. The summed E-state index contributed by atoms with van der Waals surface area (Å²) in [7, 11) is 0. The molecule has 1 N–H and O–H groups in total. The van der Waals surface area contributed by atoms with E-state index in [0.29, 0.717) is 45.1 Å². The van der Waals surface area contributed by atoms with Gasteiger partial charge in [0.25, 0.3) is 0 Å². The van der Waals surface area contributed by atoms with Crippen LogP contribution >= 0.6 is 0 Å². The quantitative estimate of drug-likeness (QED) is 0.676. The minimum Gasteiger partial charge on any atom is -0.340 e. The molecule has 5 rings (SSSR count). The van der Waals surface area contributed by atoms with Crippen LogP contribution in [0.1, 0.15) is 36.5 Å². The molecule has 2 aromatic rings. The summed E-state index contributed by atoms with van der Waals surface area (Å²) in [6, 6.07) is 11.9. The lowest BCUT2D eigenvalue weighted by molar-refractivity contribution is -0.134. The average Bonchev–Trinajstić information content (AvgIpc) is 3.22. The number of benzene rings is 1. The van der Waals surface area contributed by atoms with Crippen LogP contribution in [0.25, 0.3) is 11.6 Å². The maximum atomic E-state index is 12.9. The van der Waals surface area contributed by atoms with Gasteiger partial charge in [-0.2, -0.15) is 0 Å². The van der Waals surface area contributed by atoms with Crippen LogP contribution < -0.4 is 5.32 Å². The number of hydrogen-bond acceptors (Lipinski definition) is 5. The number of nitrogens with zero attached hydrogens (tertiary/aromatic N) is 4. The monoisotopic (exact) mass is 485 g/mol. The van der Waals surface area contributed by atoms with Crippen molar-refractivity contribution in [2.24, 2.45) is 0 Å². The molecule has 4 heterocycles. The second kappa shape index (κ2) is 10.5. The van der Waals surface area contributed by atoms with Gasteiger partial charge in [0.05, 0.1) is 0 Å². The second-order valence-corrected chi connectivity index (χ2v) is 9.51. The molecule has 0 aliphatic carbocycles. The molecule has 186 valence electrons. The number of rotatable bonds is 3. The third kappa shape index (κ3) is 5.23. The molecule has 0 bridgehead atoms. The van der Waals surface area contributed by atoms with Gasteiger partial charge in [-0.1, -0.05) is 36.4 Å². The number of carbonyl (C=O) groups excluding carboxylic acids is 3. The van der Waals surface area contributed by atoms with Crippen molar-refractivity contribution in [3.05, 3.63) is 71.4 Å². The molecule has 1 aromatic heterocycles. The Labute approximate surface area is 211 Å². The molecule has 8 nitrogen and oxygen atoms in total. The summed E-state index contributed by atoms with van der Waals surface area (Å²) in [5.41, 5.74) is 4.23. The average molecular weight is 486 g/mol. The Morgan fingerprint density at radius 1 is 1.08 bits per heavy atom. The zero-order chi connectivity index (χ0) is 25.1. The number of amides is 3. The number of pyridine rings is 1. The van der Waals surface area contributed by atoms with Gasteiger partial charge in [0, 0.05) is 64.0 Å². The Hall–Kier alpha value is -3.78. The number of anilines is 1. The standard InChI is InChI=1S/C28H31N5O3/c1-20(34)32-14-15-33-18-24-16-21(17-29-27(24)30-28(36)25(33)19-32)9-10-26(35)31-12-5-8-23(11-13-31)22-6-3-2-4-7-22/h2-4,6-10,16-17,25H,5,11-15,18-19H2,1H3,(H,29,30,36)/b10-9+. The van der Waals surface area contributed by atoms with Gasteiger partial charge in [0.1, 0.15) is 11.9 Å². The molecule has 0 saturated carbocycles. The van der Waals surface area contributed by atoms with Crippen molar-refractivity contribution in [3.8, 4) is 0 Å².